The van der Waals surface area contributed by atoms with E-state index in [1.807, 2.05) is 18.2 Å². The molecule has 4 atom stereocenters. The predicted octanol–water partition coefficient (Wildman–Crippen LogP) is 5.61. The number of nitrogens with one attached hydrogen (secondary N) is 3. The van der Waals surface area contributed by atoms with Gasteiger partial charge < -0.3 is 29.4 Å². The third kappa shape index (κ3) is 5.13. The Balaban J connectivity index is 1.24. The van der Waals surface area contributed by atoms with Crippen molar-refractivity contribution in [1.29, 1.82) is 0 Å². The van der Waals surface area contributed by atoms with Gasteiger partial charge in [-0.3, -0.25) is 15.5 Å². The molecular formula is C37H45N5O7. The minimum Gasteiger partial charge on any atom is -0.504 e. The van der Waals surface area contributed by atoms with Crippen molar-refractivity contribution in [2.45, 2.75) is 108 Å². The maximum absolute atomic E-state index is 13.2. The predicted molar refractivity (Wildman–Crippen MR) is 182 cm³/mol. The second kappa shape index (κ2) is 10.6. The highest BCUT2D eigenvalue weighted by molar-refractivity contribution is 6.04. The number of hydrogen-bond acceptors (Lipinski definition) is 9. The maximum Gasteiger partial charge on any atom is 0.414 e. The molecule has 1 spiro atoms. The van der Waals surface area contributed by atoms with Crippen LogP contribution in [0.5, 0.6) is 11.5 Å². The molecule has 12 nitrogen and oxygen atoms in total. The van der Waals surface area contributed by atoms with Crippen molar-refractivity contribution in [3.8, 4) is 11.5 Å². The monoisotopic (exact) mass is 671 g/mol. The van der Waals surface area contributed by atoms with Crippen LogP contribution in [0.3, 0.4) is 0 Å². The molecule has 2 amide bonds. The molecule has 1 saturated carbocycles. The molecule has 2 aliphatic heterocycles. The van der Waals surface area contributed by atoms with Crippen molar-refractivity contribution in [2.24, 2.45) is 10.9 Å². The lowest BCUT2D eigenvalue weighted by Crippen LogP contribution is -2.74. The number of H-pyrrole nitrogens is 1. The summed E-state index contributed by atoms with van der Waals surface area (Å²) in [5.74, 6) is 1.05. The first-order valence-electron chi connectivity index (χ1n) is 17.3. The van der Waals surface area contributed by atoms with Gasteiger partial charge in [0, 0.05) is 30.0 Å². The van der Waals surface area contributed by atoms with Gasteiger partial charge in [-0.05, 0) is 103 Å². The highest BCUT2D eigenvalue weighted by Gasteiger charge is 2.73. The number of piperidine rings is 1. The number of aromatic nitrogens is 1. The fourth-order valence-electron chi connectivity index (χ4n) is 8.73. The Morgan fingerprint density at radius 2 is 1.76 bits per heavy atom. The van der Waals surface area contributed by atoms with Crippen molar-refractivity contribution >= 4 is 34.7 Å². The number of amides is 2. The van der Waals surface area contributed by atoms with Crippen LogP contribution in [-0.4, -0.2) is 74.2 Å². The van der Waals surface area contributed by atoms with E-state index in [0.717, 1.165) is 40.9 Å². The van der Waals surface area contributed by atoms with Gasteiger partial charge in [0.05, 0.1) is 27.9 Å². The second-order valence-corrected chi connectivity index (χ2v) is 16.4. The SMILES string of the molecule is CC(C)(C)OC(=O)NC(=Nc1cccc2c3c([nH]c12)[C@@H]1Oc2c(O)ccc4c2[C@@]12CCN(CC1CC1)[C@H](C4)[C@]2(O)C3)NC(=O)OC(C)(C)C. The van der Waals surface area contributed by atoms with Crippen molar-refractivity contribution in [3.63, 3.8) is 0 Å². The number of phenols is 1. The number of aromatic hydroxyl groups is 1. The summed E-state index contributed by atoms with van der Waals surface area (Å²) in [6.45, 7) is 12.3. The molecule has 12 heteroatoms. The zero-order chi connectivity index (χ0) is 34.7. The van der Waals surface area contributed by atoms with Gasteiger partial charge in [-0.25, -0.2) is 14.6 Å². The normalized spacial score (nSPS) is 26.7. The third-order valence-corrected chi connectivity index (χ3v) is 10.6. The number of fused-ring (bicyclic) bond motifs is 4. The Kier molecular flexibility index (Phi) is 6.91. The van der Waals surface area contributed by atoms with Crippen molar-refractivity contribution in [3.05, 3.63) is 52.7 Å². The highest BCUT2D eigenvalue weighted by atomic mass is 16.6. The minimum absolute atomic E-state index is 0.0813. The Bertz CT molecular complexity index is 1890. The lowest BCUT2D eigenvalue weighted by Gasteiger charge is -2.62. The first-order valence-corrected chi connectivity index (χ1v) is 17.3. The van der Waals surface area contributed by atoms with Crippen LogP contribution in [0.25, 0.3) is 10.9 Å². The molecule has 49 heavy (non-hydrogen) atoms. The largest absolute Gasteiger partial charge is 0.504 e. The number of rotatable bonds is 3. The van der Waals surface area contributed by atoms with E-state index in [0.29, 0.717) is 42.1 Å². The van der Waals surface area contributed by atoms with Crippen molar-refractivity contribution in [2.75, 3.05) is 13.1 Å². The molecule has 0 radical (unpaired) electrons. The number of aliphatic imine (C=N–C) groups is 1. The first-order chi connectivity index (χ1) is 23.1. The van der Waals surface area contributed by atoms with E-state index >= 15 is 0 Å². The molecule has 2 aromatic carbocycles. The van der Waals surface area contributed by atoms with E-state index in [9.17, 15) is 19.8 Å². The van der Waals surface area contributed by atoms with Crippen molar-refractivity contribution in [1.82, 2.24) is 20.5 Å². The van der Waals surface area contributed by atoms with Gasteiger partial charge in [-0.2, -0.15) is 0 Å². The number of alkyl carbamates (subject to hydrolysis) is 2. The molecule has 2 bridgehead atoms. The smallest absolute Gasteiger partial charge is 0.414 e. The average Bonchev–Trinajstić information content (AvgIpc) is 3.61. The van der Waals surface area contributed by atoms with Crippen LogP contribution in [-0.2, 0) is 27.7 Å². The Morgan fingerprint density at radius 3 is 2.41 bits per heavy atom. The van der Waals surface area contributed by atoms with Gasteiger partial charge in [-0.15, -0.1) is 0 Å². The van der Waals surface area contributed by atoms with E-state index in [1.165, 1.54) is 12.8 Å². The summed E-state index contributed by atoms with van der Waals surface area (Å²) in [5.41, 5.74) is 1.50. The van der Waals surface area contributed by atoms with Gasteiger partial charge in [0.1, 0.15) is 11.2 Å². The number of phenolic OH excluding ortho intramolecular Hbond substituents is 1. The molecule has 0 unspecified atom stereocenters. The summed E-state index contributed by atoms with van der Waals surface area (Å²) >= 11 is 0. The van der Waals surface area contributed by atoms with Crippen LogP contribution in [0.1, 0.15) is 89.3 Å². The fraction of sp³-hybridized carbons (Fsp3) is 0.541. The van der Waals surface area contributed by atoms with Gasteiger partial charge in [0.15, 0.2) is 17.6 Å². The molecule has 3 aliphatic carbocycles. The summed E-state index contributed by atoms with van der Waals surface area (Å²) in [6.07, 6.45) is 2.11. The number of hydrogen-bond donors (Lipinski definition) is 5. The fourth-order valence-corrected chi connectivity index (χ4v) is 8.73. The number of carbonyl (C=O) groups is 2. The minimum atomic E-state index is -1.14. The number of likely N-dealkylation sites (tertiary alicyclic amines) is 1. The van der Waals surface area contributed by atoms with Gasteiger partial charge >= 0.3 is 12.2 Å². The molecule has 260 valence electrons. The van der Waals surface area contributed by atoms with Crippen LogP contribution in [0.15, 0.2) is 35.3 Å². The number of aromatic amines is 1. The number of ether oxygens (including phenoxy) is 3. The number of para-hydroxylation sites is 1. The highest BCUT2D eigenvalue weighted by Crippen LogP contribution is 2.69. The Labute approximate surface area is 285 Å². The van der Waals surface area contributed by atoms with Crippen molar-refractivity contribution < 1.29 is 34.0 Å². The third-order valence-electron chi connectivity index (χ3n) is 10.6. The number of carbonyl (C=O) groups excluding carboxylic acids is 2. The van der Waals surface area contributed by atoms with E-state index < -0.39 is 40.5 Å². The second-order valence-electron chi connectivity index (χ2n) is 16.4. The van der Waals surface area contributed by atoms with Crippen LogP contribution >= 0.6 is 0 Å². The number of nitrogens with zero attached hydrogens (tertiary/aromatic N) is 2. The molecule has 8 rings (SSSR count). The number of benzene rings is 2. The number of aliphatic hydroxyl groups is 1. The lowest BCUT2D eigenvalue weighted by atomic mass is 9.49. The summed E-state index contributed by atoms with van der Waals surface area (Å²) in [7, 11) is 0. The molecule has 1 saturated heterocycles. The molecule has 3 aromatic rings. The molecule has 5 aliphatic rings. The summed E-state index contributed by atoms with van der Waals surface area (Å²) in [4.78, 5) is 36.5. The van der Waals surface area contributed by atoms with Crippen LogP contribution in [0.4, 0.5) is 15.3 Å². The molecule has 1 aromatic heterocycles. The summed E-state index contributed by atoms with van der Waals surface area (Å²) in [6, 6.07) is 9.23. The Hall–Kier alpha value is -4.29. The van der Waals surface area contributed by atoms with Crippen LogP contribution in [0, 0.1) is 5.92 Å². The zero-order valence-electron chi connectivity index (χ0n) is 28.9. The molecule has 5 N–H and O–H groups in total. The number of guanidine groups is 1. The van der Waals surface area contributed by atoms with E-state index in [1.54, 1.807) is 53.7 Å². The zero-order valence-corrected chi connectivity index (χ0v) is 28.9. The lowest BCUT2D eigenvalue weighted by molar-refractivity contribution is -0.173. The van der Waals surface area contributed by atoms with Crippen LogP contribution < -0.4 is 15.4 Å². The average molecular weight is 672 g/mol. The summed E-state index contributed by atoms with van der Waals surface area (Å²) < 4.78 is 17.6. The molecule has 3 heterocycles. The Morgan fingerprint density at radius 1 is 1.06 bits per heavy atom. The van der Waals surface area contributed by atoms with E-state index in [-0.39, 0.29) is 17.8 Å². The summed E-state index contributed by atoms with van der Waals surface area (Å²) in [5, 5.41) is 30.2. The van der Waals surface area contributed by atoms with Gasteiger partial charge in [-0.1, -0.05) is 18.2 Å². The molecule has 2 fully saturated rings. The first kappa shape index (κ1) is 31.9. The molecular weight excluding hydrogens is 626 g/mol. The standard InChI is InChI=1S/C37H45N5O7/c1-34(2,3)48-32(44)40-31(41-33(45)49-35(4,5)6)38-23-9-7-8-21-22-17-37(46)25-16-20-12-13-24(43)29-26(20)36(37,14-15-42(25)18-19-10-11-19)30(47-29)28(22)39-27(21)23/h7-9,12-13,19,25,30,39,43,46H,10-11,14-18H2,1-6H3,(H2,38,40,41,44,45)/t25-,30+,36+,37-/m1/s1. The van der Waals surface area contributed by atoms with Crippen LogP contribution in [0.2, 0.25) is 0 Å². The quantitative estimate of drug-likeness (QED) is 0.178. The maximum atomic E-state index is 13.2. The van der Waals surface area contributed by atoms with E-state index in [2.05, 4.69) is 20.5 Å². The van der Waals surface area contributed by atoms with Gasteiger partial charge in [0.25, 0.3) is 0 Å². The van der Waals surface area contributed by atoms with E-state index in [4.69, 9.17) is 19.2 Å². The van der Waals surface area contributed by atoms with Gasteiger partial charge in [0.2, 0.25) is 5.96 Å². The topological polar surface area (TPSA) is 158 Å².